The molecule has 0 aromatic carbocycles. The molecule has 0 radical (unpaired) electrons. The van der Waals surface area contributed by atoms with E-state index in [9.17, 15) is 0 Å². The molecule has 1 saturated heterocycles. The first kappa shape index (κ1) is 13.0. The summed E-state index contributed by atoms with van der Waals surface area (Å²) in [4.78, 5) is 4.58. The zero-order valence-electron chi connectivity index (χ0n) is 10.7. The number of aryl methyl sites for hydroxylation is 1. The van der Waals surface area contributed by atoms with E-state index in [4.69, 9.17) is 4.74 Å². The third kappa shape index (κ3) is 3.50. The molecule has 4 heteroatoms. The maximum Gasteiger partial charge on any atom is 0.104 e. The number of hydrogen-bond donors (Lipinski definition) is 1. The molecule has 1 aromatic rings. The fraction of sp³-hybridized carbons (Fsp3) is 0.769. The lowest BCUT2D eigenvalue weighted by Crippen LogP contribution is -2.32. The van der Waals surface area contributed by atoms with Crippen molar-refractivity contribution in [3.63, 3.8) is 0 Å². The molecule has 0 aliphatic carbocycles. The maximum absolute atomic E-state index is 5.92. The first-order chi connectivity index (χ1) is 8.31. The van der Waals surface area contributed by atoms with E-state index in [1.165, 1.54) is 19.3 Å². The Morgan fingerprint density at radius 3 is 3.18 bits per heavy atom. The Kier molecular flexibility index (Phi) is 4.95. The van der Waals surface area contributed by atoms with Crippen molar-refractivity contribution < 1.29 is 4.74 Å². The van der Waals surface area contributed by atoms with Crippen molar-refractivity contribution in [3.8, 4) is 0 Å². The number of nitrogens with one attached hydrogen (secondary N) is 1. The highest BCUT2D eigenvalue weighted by Crippen LogP contribution is 2.33. The molecule has 96 valence electrons. The summed E-state index contributed by atoms with van der Waals surface area (Å²) in [6.45, 7) is 7.28. The Labute approximate surface area is 108 Å². The average molecular weight is 254 g/mol. The van der Waals surface area contributed by atoms with Crippen molar-refractivity contribution in [2.75, 3.05) is 19.7 Å². The summed E-state index contributed by atoms with van der Waals surface area (Å²) in [6.07, 6.45) is 3.82. The lowest BCUT2D eigenvalue weighted by molar-refractivity contribution is -0.0299. The van der Waals surface area contributed by atoms with Crippen LogP contribution in [0.15, 0.2) is 5.38 Å². The van der Waals surface area contributed by atoms with Gasteiger partial charge in [-0.05, 0) is 32.7 Å². The summed E-state index contributed by atoms with van der Waals surface area (Å²) in [5.74, 6) is 0.580. The minimum Gasteiger partial charge on any atom is -0.372 e. The van der Waals surface area contributed by atoms with Crippen LogP contribution >= 0.6 is 11.3 Å². The molecular weight excluding hydrogens is 232 g/mol. The fourth-order valence-electron chi connectivity index (χ4n) is 2.35. The van der Waals surface area contributed by atoms with Gasteiger partial charge in [0.25, 0.3) is 0 Å². The van der Waals surface area contributed by atoms with Gasteiger partial charge in [0.15, 0.2) is 0 Å². The Balaban J connectivity index is 1.96. The highest BCUT2D eigenvalue weighted by molar-refractivity contribution is 7.09. The van der Waals surface area contributed by atoms with Crippen LogP contribution in [0.4, 0.5) is 0 Å². The first-order valence-electron chi connectivity index (χ1n) is 6.55. The van der Waals surface area contributed by atoms with Crippen molar-refractivity contribution in [3.05, 3.63) is 16.1 Å². The normalized spacial score (nSPS) is 25.1. The predicted molar refractivity (Wildman–Crippen MR) is 71.4 cm³/mol. The van der Waals surface area contributed by atoms with E-state index in [1.807, 2.05) is 0 Å². The van der Waals surface area contributed by atoms with Gasteiger partial charge < -0.3 is 10.1 Å². The molecule has 1 aliphatic heterocycles. The van der Waals surface area contributed by atoms with E-state index in [0.717, 1.165) is 30.4 Å². The monoisotopic (exact) mass is 254 g/mol. The Morgan fingerprint density at radius 1 is 1.59 bits per heavy atom. The summed E-state index contributed by atoms with van der Waals surface area (Å²) >= 11 is 1.72. The molecule has 1 aliphatic rings. The number of ether oxygens (including phenoxy) is 1. The molecule has 1 fully saturated rings. The molecule has 2 atom stereocenters. The zero-order chi connectivity index (χ0) is 12.1. The van der Waals surface area contributed by atoms with Crippen molar-refractivity contribution in [2.24, 2.45) is 5.92 Å². The van der Waals surface area contributed by atoms with E-state index in [0.29, 0.717) is 5.92 Å². The van der Waals surface area contributed by atoms with E-state index in [-0.39, 0.29) is 6.10 Å². The fourth-order valence-corrected chi connectivity index (χ4v) is 2.99. The molecule has 0 spiro atoms. The molecule has 0 bridgehead atoms. The highest BCUT2D eigenvalue weighted by atomic mass is 32.1. The van der Waals surface area contributed by atoms with Gasteiger partial charge in [0.2, 0.25) is 0 Å². The summed E-state index contributed by atoms with van der Waals surface area (Å²) in [7, 11) is 0. The lowest BCUT2D eigenvalue weighted by atomic mass is 9.92. The van der Waals surface area contributed by atoms with Crippen LogP contribution in [-0.4, -0.2) is 24.7 Å². The topological polar surface area (TPSA) is 34.1 Å². The number of aromatic nitrogens is 1. The summed E-state index contributed by atoms with van der Waals surface area (Å²) in [5.41, 5.74) is 1.13. The molecule has 0 saturated carbocycles. The molecule has 2 rings (SSSR count). The Bertz CT molecular complexity index is 340. The molecule has 1 aromatic heterocycles. The molecule has 2 heterocycles. The van der Waals surface area contributed by atoms with Crippen LogP contribution in [0.3, 0.4) is 0 Å². The third-order valence-corrected chi connectivity index (χ3v) is 4.00. The number of thiazole rings is 1. The van der Waals surface area contributed by atoms with Gasteiger partial charge in [-0.25, -0.2) is 4.98 Å². The molecule has 1 N–H and O–H groups in total. The number of rotatable bonds is 5. The minimum absolute atomic E-state index is 0.207. The van der Waals surface area contributed by atoms with Gasteiger partial charge in [0.05, 0.1) is 10.7 Å². The predicted octanol–water partition coefficient (Wildman–Crippen LogP) is 2.92. The number of nitrogens with zero attached hydrogens (tertiary/aromatic N) is 1. The number of hydrogen-bond acceptors (Lipinski definition) is 4. The third-order valence-electron chi connectivity index (χ3n) is 3.21. The van der Waals surface area contributed by atoms with Crippen molar-refractivity contribution in [1.29, 1.82) is 0 Å². The lowest BCUT2D eigenvalue weighted by Gasteiger charge is -2.31. The molecular formula is C13H22N2OS. The second-order valence-electron chi connectivity index (χ2n) is 4.69. The van der Waals surface area contributed by atoms with Crippen LogP contribution in [-0.2, 0) is 4.74 Å². The van der Waals surface area contributed by atoms with Crippen LogP contribution in [0, 0.1) is 12.8 Å². The van der Waals surface area contributed by atoms with E-state index < -0.39 is 0 Å². The van der Waals surface area contributed by atoms with Crippen molar-refractivity contribution >= 4 is 11.3 Å². The highest BCUT2D eigenvalue weighted by Gasteiger charge is 2.28. The van der Waals surface area contributed by atoms with Crippen molar-refractivity contribution in [1.82, 2.24) is 10.3 Å². The molecule has 3 nitrogen and oxygen atoms in total. The van der Waals surface area contributed by atoms with E-state index in [2.05, 4.69) is 29.5 Å². The molecule has 2 unspecified atom stereocenters. The second-order valence-corrected chi connectivity index (χ2v) is 5.75. The molecule has 0 amide bonds. The van der Waals surface area contributed by atoms with Gasteiger partial charge in [-0.15, -0.1) is 11.3 Å². The SMILES string of the molecule is CCCNCC1CCCOC1c1csc(C)n1. The average Bonchev–Trinajstić information content (AvgIpc) is 2.77. The maximum atomic E-state index is 5.92. The first-order valence-corrected chi connectivity index (χ1v) is 7.43. The Morgan fingerprint density at radius 2 is 2.47 bits per heavy atom. The van der Waals surface area contributed by atoms with Gasteiger partial charge >= 0.3 is 0 Å². The zero-order valence-corrected chi connectivity index (χ0v) is 11.6. The van der Waals surface area contributed by atoms with Gasteiger partial charge in [0.1, 0.15) is 6.10 Å². The van der Waals surface area contributed by atoms with E-state index >= 15 is 0 Å². The van der Waals surface area contributed by atoms with Gasteiger partial charge in [-0.2, -0.15) is 0 Å². The van der Waals surface area contributed by atoms with Crippen LogP contribution in [0.2, 0.25) is 0 Å². The van der Waals surface area contributed by atoms with Crippen molar-refractivity contribution in [2.45, 2.75) is 39.2 Å². The largest absolute Gasteiger partial charge is 0.372 e. The van der Waals surface area contributed by atoms with Crippen LogP contribution in [0.25, 0.3) is 0 Å². The summed E-state index contributed by atoms with van der Waals surface area (Å²) in [5, 5.41) is 6.79. The molecule has 17 heavy (non-hydrogen) atoms. The van der Waals surface area contributed by atoms with E-state index in [1.54, 1.807) is 11.3 Å². The van der Waals surface area contributed by atoms with Gasteiger partial charge in [-0.1, -0.05) is 6.92 Å². The standard InChI is InChI=1S/C13H22N2OS/c1-3-6-14-8-11-5-4-7-16-13(11)12-9-17-10(2)15-12/h9,11,13-14H,3-8H2,1-2H3. The quantitative estimate of drug-likeness (QED) is 0.820. The smallest absolute Gasteiger partial charge is 0.104 e. The summed E-state index contributed by atoms with van der Waals surface area (Å²) < 4.78 is 5.92. The van der Waals surface area contributed by atoms with Gasteiger partial charge in [0, 0.05) is 24.4 Å². The minimum atomic E-state index is 0.207. The van der Waals surface area contributed by atoms with Crippen LogP contribution < -0.4 is 5.32 Å². The second kappa shape index (κ2) is 6.47. The van der Waals surface area contributed by atoms with Gasteiger partial charge in [-0.3, -0.25) is 0 Å². The van der Waals surface area contributed by atoms with Crippen LogP contribution in [0.1, 0.15) is 43.0 Å². The van der Waals surface area contributed by atoms with Crippen LogP contribution in [0.5, 0.6) is 0 Å². The summed E-state index contributed by atoms with van der Waals surface area (Å²) in [6, 6.07) is 0. The Hall–Kier alpha value is -0.450.